The summed E-state index contributed by atoms with van der Waals surface area (Å²) in [6.07, 6.45) is -0.671. The van der Waals surface area contributed by atoms with Crippen molar-refractivity contribution in [3.63, 3.8) is 0 Å². The summed E-state index contributed by atoms with van der Waals surface area (Å²) in [4.78, 5) is 12.3. The zero-order valence-electron chi connectivity index (χ0n) is 17.3. The fourth-order valence-electron chi connectivity index (χ4n) is 4.43. The first-order valence-electron chi connectivity index (χ1n) is 10.5. The van der Waals surface area contributed by atoms with E-state index >= 15 is 0 Å². The fraction of sp³-hybridized carbons (Fsp3) is 0.667. The van der Waals surface area contributed by atoms with Crippen molar-refractivity contribution in [2.75, 3.05) is 13.1 Å². The van der Waals surface area contributed by atoms with Crippen LogP contribution in [0.5, 0.6) is 0 Å². The van der Waals surface area contributed by atoms with Crippen LogP contribution in [0.1, 0.15) is 51.5 Å². The van der Waals surface area contributed by atoms with Gasteiger partial charge in [0, 0.05) is 25.0 Å². The van der Waals surface area contributed by atoms with Gasteiger partial charge in [-0.05, 0) is 49.3 Å². The molecular formula is C21H29F3N2O3S. The van der Waals surface area contributed by atoms with E-state index in [9.17, 15) is 26.4 Å². The van der Waals surface area contributed by atoms with Gasteiger partial charge in [-0.25, -0.2) is 8.42 Å². The predicted molar refractivity (Wildman–Crippen MR) is 107 cm³/mol. The molecule has 1 amide bonds. The van der Waals surface area contributed by atoms with Crippen LogP contribution in [0.4, 0.5) is 13.2 Å². The Hall–Kier alpha value is -1.61. The summed E-state index contributed by atoms with van der Waals surface area (Å²) in [6, 6.07) is 3.94. The van der Waals surface area contributed by atoms with Gasteiger partial charge in [0.25, 0.3) is 0 Å². The van der Waals surface area contributed by atoms with E-state index in [1.165, 1.54) is 16.8 Å². The van der Waals surface area contributed by atoms with E-state index in [2.05, 4.69) is 19.2 Å². The number of hydrogen-bond donors (Lipinski definition) is 1. The Kier molecular flexibility index (Phi) is 6.81. The average Bonchev–Trinajstić information content (AvgIpc) is 2.71. The summed E-state index contributed by atoms with van der Waals surface area (Å²) in [5.74, 6) is 0.645. The van der Waals surface area contributed by atoms with Crippen molar-refractivity contribution in [2.24, 2.45) is 17.8 Å². The van der Waals surface area contributed by atoms with Crippen molar-refractivity contribution in [1.29, 1.82) is 0 Å². The van der Waals surface area contributed by atoms with E-state index in [1.807, 2.05) is 0 Å². The van der Waals surface area contributed by atoms with Crippen molar-refractivity contribution in [2.45, 2.75) is 63.1 Å². The molecular weight excluding hydrogens is 417 g/mol. The number of rotatable bonds is 4. The van der Waals surface area contributed by atoms with Gasteiger partial charge in [0.2, 0.25) is 15.9 Å². The third-order valence-corrected chi connectivity index (χ3v) is 8.55. The lowest BCUT2D eigenvalue weighted by atomic mass is 9.78. The predicted octanol–water partition coefficient (Wildman–Crippen LogP) is 4.05. The van der Waals surface area contributed by atoms with Crippen molar-refractivity contribution < 1.29 is 26.4 Å². The molecule has 1 aromatic rings. The molecule has 2 aliphatic rings. The van der Waals surface area contributed by atoms with Crippen molar-refractivity contribution >= 4 is 15.9 Å². The highest BCUT2D eigenvalue weighted by Crippen LogP contribution is 2.33. The molecule has 1 aliphatic carbocycles. The molecule has 1 saturated carbocycles. The summed E-state index contributed by atoms with van der Waals surface area (Å²) in [5, 5.41) is 3.15. The molecule has 1 saturated heterocycles. The van der Waals surface area contributed by atoms with Crippen molar-refractivity contribution in [3.05, 3.63) is 29.8 Å². The van der Waals surface area contributed by atoms with Crippen LogP contribution in [-0.4, -0.2) is 37.8 Å². The molecule has 0 aromatic heterocycles. The first kappa shape index (κ1) is 23.1. The number of nitrogens with one attached hydrogen (secondary N) is 1. The molecule has 5 nitrogen and oxygen atoms in total. The molecule has 3 unspecified atom stereocenters. The number of amides is 1. The number of halogens is 3. The van der Waals surface area contributed by atoms with Crippen LogP contribution in [0.15, 0.2) is 29.2 Å². The molecule has 168 valence electrons. The number of sulfonamides is 1. The molecule has 1 N–H and O–H groups in total. The highest BCUT2D eigenvalue weighted by atomic mass is 32.2. The molecule has 3 rings (SSSR count). The first-order valence-corrected chi connectivity index (χ1v) is 11.9. The Morgan fingerprint density at radius 1 is 1.10 bits per heavy atom. The van der Waals surface area contributed by atoms with Crippen LogP contribution < -0.4 is 5.32 Å². The van der Waals surface area contributed by atoms with Gasteiger partial charge in [-0.1, -0.05) is 32.8 Å². The number of nitrogens with zero attached hydrogens (tertiary/aromatic N) is 1. The molecule has 30 heavy (non-hydrogen) atoms. The van der Waals surface area contributed by atoms with E-state index in [4.69, 9.17) is 0 Å². The van der Waals surface area contributed by atoms with Crippen LogP contribution >= 0.6 is 0 Å². The zero-order valence-corrected chi connectivity index (χ0v) is 18.1. The Labute approximate surface area is 176 Å². The molecule has 3 atom stereocenters. The lowest BCUT2D eigenvalue weighted by Crippen LogP contribution is -2.48. The highest BCUT2D eigenvalue weighted by Gasteiger charge is 2.36. The van der Waals surface area contributed by atoms with E-state index in [1.54, 1.807) is 0 Å². The summed E-state index contributed by atoms with van der Waals surface area (Å²) in [6.45, 7) is 4.58. The average molecular weight is 447 g/mol. The molecule has 9 heteroatoms. The smallest absolute Gasteiger partial charge is 0.353 e. The molecule has 1 aromatic carbocycles. The maximum absolute atomic E-state index is 12.9. The maximum Gasteiger partial charge on any atom is 0.416 e. The van der Waals surface area contributed by atoms with E-state index in [0.717, 1.165) is 25.0 Å². The van der Waals surface area contributed by atoms with Gasteiger partial charge in [0.05, 0.1) is 10.5 Å². The molecule has 0 spiro atoms. The van der Waals surface area contributed by atoms with E-state index in [0.29, 0.717) is 30.7 Å². The number of alkyl halides is 3. The summed E-state index contributed by atoms with van der Waals surface area (Å²) in [5.41, 5.74) is -0.992. The number of piperidine rings is 1. The molecule has 1 aliphatic heterocycles. The standard InChI is InChI=1S/C21H29F3N2O3S/c1-14-5-3-8-19(15(14)2)25-20(27)16-9-11-26(12-10-16)30(28,29)18-7-4-6-17(13-18)21(22,23)24/h4,6-7,13-16,19H,3,5,8-12H2,1-2H3,(H,25,27). The van der Waals surface area contributed by atoms with Crippen molar-refractivity contribution in [1.82, 2.24) is 9.62 Å². The topological polar surface area (TPSA) is 66.5 Å². The van der Waals surface area contributed by atoms with Gasteiger partial charge in [0.1, 0.15) is 0 Å². The minimum Gasteiger partial charge on any atom is -0.353 e. The number of hydrogen-bond acceptors (Lipinski definition) is 3. The molecule has 0 bridgehead atoms. The Bertz CT molecular complexity index is 864. The monoisotopic (exact) mass is 446 g/mol. The SMILES string of the molecule is CC1CCCC(NC(=O)C2CCN(S(=O)(=O)c3cccc(C(F)(F)F)c3)CC2)C1C. The summed E-state index contributed by atoms with van der Waals surface area (Å²) >= 11 is 0. The van der Waals surface area contributed by atoms with Gasteiger partial charge in [-0.3, -0.25) is 4.79 Å². The van der Waals surface area contributed by atoms with Gasteiger partial charge in [-0.2, -0.15) is 17.5 Å². The Morgan fingerprint density at radius 2 is 1.77 bits per heavy atom. The lowest BCUT2D eigenvalue weighted by Gasteiger charge is -2.36. The number of carbonyl (C=O) groups excluding carboxylic acids is 1. The lowest BCUT2D eigenvalue weighted by molar-refractivity contribution is -0.137. The Morgan fingerprint density at radius 3 is 2.40 bits per heavy atom. The Balaban J connectivity index is 1.61. The van der Waals surface area contributed by atoms with Crippen LogP contribution in [0.3, 0.4) is 0 Å². The first-order chi connectivity index (χ1) is 14.0. The van der Waals surface area contributed by atoms with Crippen LogP contribution in [-0.2, 0) is 21.0 Å². The zero-order chi connectivity index (χ0) is 22.1. The van der Waals surface area contributed by atoms with E-state index in [-0.39, 0.29) is 35.9 Å². The van der Waals surface area contributed by atoms with Gasteiger partial charge in [-0.15, -0.1) is 0 Å². The fourth-order valence-corrected chi connectivity index (χ4v) is 5.94. The number of benzene rings is 1. The summed E-state index contributed by atoms with van der Waals surface area (Å²) in [7, 11) is -4.04. The minimum atomic E-state index is -4.61. The normalized spacial score (nSPS) is 27.0. The maximum atomic E-state index is 12.9. The third kappa shape index (κ3) is 4.99. The quantitative estimate of drug-likeness (QED) is 0.759. The van der Waals surface area contributed by atoms with Crippen LogP contribution in [0.2, 0.25) is 0 Å². The third-order valence-electron chi connectivity index (χ3n) is 6.66. The van der Waals surface area contributed by atoms with Crippen LogP contribution in [0.25, 0.3) is 0 Å². The highest BCUT2D eigenvalue weighted by molar-refractivity contribution is 7.89. The molecule has 0 radical (unpaired) electrons. The summed E-state index contributed by atoms with van der Waals surface area (Å²) < 4.78 is 65.6. The van der Waals surface area contributed by atoms with E-state index < -0.39 is 21.8 Å². The van der Waals surface area contributed by atoms with Crippen molar-refractivity contribution in [3.8, 4) is 0 Å². The molecule has 1 heterocycles. The van der Waals surface area contributed by atoms with Crippen LogP contribution in [0, 0.1) is 17.8 Å². The molecule has 2 fully saturated rings. The second-order valence-electron chi connectivity index (χ2n) is 8.59. The second-order valence-corrected chi connectivity index (χ2v) is 10.5. The minimum absolute atomic E-state index is 0.0444. The van der Waals surface area contributed by atoms with Gasteiger partial charge >= 0.3 is 6.18 Å². The van der Waals surface area contributed by atoms with Gasteiger partial charge in [0.15, 0.2) is 0 Å². The number of carbonyl (C=O) groups is 1. The second kappa shape index (κ2) is 8.86. The van der Waals surface area contributed by atoms with Gasteiger partial charge < -0.3 is 5.32 Å². The largest absolute Gasteiger partial charge is 0.416 e.